The molecule has 2 amide bonds. The third kappa shape index (κ3) is 3.45. The van der Waals surface area contributed by atoms with Crippen LogP contribution in [0.3, 0.4) is 0 Å². The van der Waals surface area contributed by atoms with Gasteiger partial charge in [0.15, 0.2) is 0 Å². The quantitative estimate of drug-likeness (QED) is 0.583. The minimum atomic E-state index is -1.16. The van der Waals surface area contributed by atoms with Crippen molar-refractivity contribution < 1.29 is 29.0 Å². The number of amides is 2. The number of nitrogens with zero attached hydrogens (tertiary/aromatic N) is 1. The highest BCUT2D eigenvalue weighted by Gasteiger charge is 2.80. The molecule has 0 saturated carbocycles. The molecule has 0 radical (unpaired) electrons. The summed E-state index contributed by atoms with van der Waals surface area (Å²) in [6.07, 6.45) is 0.769. The number of hydrogen-bond donors (Lipinski definition) is 2. The molecule has 8 nitrogen and oxygen atoms in total. The van der Waals surface area contributed by atoms with Gasteiger partial charge >= 0.3 is 5.97 Å². The number of aryl methyl sites for hydroxylation is 1. The van der Waals surface area contributed by atoms with Gasteiger partial charge in [0.05, 0.1) is 28.8 Å². The predicted molar refractivity (Wildman–Crippen MR) is 122 cm³/mol. The van der Waals surface area contributed by atoms with Crippen molar-refractivity contribution in [2.75, 3.05) is 25.1 Å². The summed E-state index contributed by atoms with van der Waals surface area (Å²) in [4.78, 5) is 41.9. The molecule has 9 heteroatoms. The van der Waals surface area contributed by atoms with Crippen molar-refractivity contribution >= 4 is 35.1 Å². The second kappa shape index (κ2) is 8.56. The number of esters is 1. The van der Waals surface area contributed by atoms with Crippen molar-refractivity contribution in [2.24, 2.45) is 17.8 Å². The highest BCUT2D eigenvalue weighted by atomic mass is 35.5. The van der Waals surface area contributed by atoms with E-state index in [9.17, 15) is 19.5 Å². The summed E-state index contributed by atoms with van der Waals surface area (Å²) in [6, 6.07) is 4.36. The summed E-state index contributed by atoms with van der Waals surface area (Å²) in [7, 11) is 0. The summed E-state index contributed by atoms with van der Waals surface area (Å²) in [5, 5.41) is 12.7. The van der Waals surface area contributed by atoms with Crippen LogP contribution in [0.2, 0.25) is 5.02 Å². The van der Waals surface area contributed by atoms with E-state index in [1.807, 2.05) is 26.8 Å². The number of aliphatic hydroxyl groups excluding tert-OH is 1. The van der Waals surface area contributed by atoms with Gasteiger partial charge in [-0.1, -0.05) is 30.7 Å². The van der Waals surface area contributed by atoms with Crippen LogP contribution < -0.4 is 5.32 Å². The topological polar surface area (TPSA) is 105 Å². The summed E-state index contributed by atoms with van der Waals surface area (Å²) in [6.45, 7) is 7.61. The first kappa shape index (κ1) is 24.0. The van der Waals surface area contributed by atoms with Gasteiger partial charge < -0.3 is 24.8 Å². The van der Waals surface area contributed by atoms with E-state index in [1.165, 1.54) is 4.90 Å². The number of benzene rings is 1. The van der Waals surface area contributed by atoms with E-state index in [0.29, 0.717) is 23.6 Å². The lowest BCUT2D eigenvalue weighted by Crippen LogP contribution is -2.54. The van der Waals surface area contributed by atoms with Crippen LogP contribution in [0.15, 0.2) is 18.2 Å². The molecule has 3 heterocycles. The van der Waals surface area contributed by atoms with Crippen LogP contribution in [-0.4, -0.2) is 64.8 Å². The molecule has 1 aromatic rings. The van der Waals surface area contributed by atoms with Crippen molar-refractivity contribution in [1.29, 1.82) is 0 Å². The standard InChI is InChI=1S/C24H31ClN2O6/c1-5-32-22(31)17-16-21(30)27(10-7-11-28)19(24(16)12-14(3)23(17,4)33-24)20(29)26-18-13(2)8-6-9-15(18)25/h6,8-9,14,16-17,19,28H,5,7,10-12H2,1-4H3,(H,26,29)/t14?,16-,17+,19?,23-,24?/m0/s1. The molecule has 1 spiro atoms. The number of hydrogen-bond acceptors (Lipinski definition) is 6. The Morgan fingerprint density at radius 2 is 2.12 bits per heavy atom. The Balaban J connectivity index is 1.77. The Morgan fingerprint density at radius 3 is 2.76 bits per heavy atom. The summed E-state index contributed by atoms with van der Waals surface area (Å²) in [5.41, 5.74) is -0.795. The molecule has 3 unspecified atom stereocenters. The zero-order valence-electron chi connectivity index (χ0n) is 19.4. The summed E-state index contributed by atoms with van der Waals surface area (Å²) < 4.78 is 11.9. The average Bonchev–Trinajstić information content (AvgIpc) is 3.26. The van der Waals surface area contributed by atoms with Gasteiger partial charge in [0.1, 0.15) is 17.6 Å². The predicted octanol–water partition coefficient (Wildman–Crippen LogP) is 2.54. The fourth-order valence-electron chi connectivity index (χ4n) is 6.09. The average molecular weight is 479 g/mol. The Hall–Kier alpha value is -2.16. The molecule has 3 aliphatic heterocycles. The van der Waals surface area contributed by atoms with Crippen molar-refractivity contribution in [3.63, 3.8) is 0 Å². The molecule has 180 valence electrons. The first-order chi connectivity index (χ1) is 15.6. The molecule has 2 N–H and O–H groups in total. The van der Waals surface area contributed by atoms with Crippen LogP contribution in [0, 0.1) is 24.7 Å². The molecular weight excluding hydrogens is 448 g/mol. The maximum absolute atomic E-state index is 13.8. The molecule has 2 bridgehead atoms. The number of aliphatic hydroxyl groups is 1. The van der Waals surface area contributed by atoms with Crippen LogP contribution in [0.5, 0.6) is 0 Å². The Labute approximate surface area is 198 Å². The summed E-state index contributed by atoms with van der Waals surface area (Å²) >= 11 is 6.34. The van der Waals surface area contributed by atoms with E-state index in [-0.39, 0.29) is 31.6 Å². The molecule has 4 rings (SSSR count). The van der Waals surface area contributed by atoms with Crippen LogP contribution in [0.25, 0.3) is 0 Å². The second-order valence-corrected chi connectivity index (χ2v) is 9.89. The van der Waals surface area contributed by atoms with Crippen LogP contribution in [0.1, 0.15) is 39.2 Å². The van der Waals surface area contributed by atoms with Crippen LogP contribution in [0.4, 0.5) is 5.69 Å². The number of para-hydroxylation sites is 1. The number of anilines is 1. The van der Waals surface area contributed by atoms with Crippen molar-refractivity contribution in [1.82, 2.24) is 4.90 Å². The zero-order valence-corrected chi connectivity index (χ0v) is 20.1. The number of rotatable bonds is 7. The van der Waals surface area contributed by atoms with E-state index < -0.39 is 41.0 Å². The minimum absolute atomic E-state index is 0.0638. The maximum atomic E-state index is 13.8. The number of likely N-dealkylation sites (tertiary alicyclic amines) is 1. The van der Waals surface area contributed by atoms with Crippen LogP contribution in [-0.2, 0) is 23.9 Å². The van der Waals surface area contributed by atoms with Crippen molar-refractivity contribution in [3.8, 4) is 0 Å². The zero-order chi connectivity index (χ0) is 24.1. The number of carbonyl (C=O) groups is 3. The third-order valence-corrected chi connectivity index (χ3v) is 7.95. The number of carbonyl (C=O) groups excluding carboxylic acids is 3. The Bertz CT molecular complexity index is 965. The molecular formula is C24H31ClN2O6. The van der Waals surface area contributed by atoms with E-state index in [4.69, 9.17) is 21.1 Å². The van der Waals surface area contributed by atoms with Gasteiger partial charge in [-0.3, -0.25) is 14.4 Å². The number of halogens is 1. The van der Waals surface area contributed by atoms with Crippen LogP contribution >= 0.6 is 11.6 Å². The highest BCUT2D eigenvalue weighted by molar-refractivity contribution is 6.34. The van der Waals surface area contributed by atoms with Gasteiger partial charge in [0, 0.05) is 13.2 Å². The van der Waals surface area contributed by atoms with Crippen molar-refractivity contribution in [3.05, 3.63) is 28.8 Å². The molecule has 3 fully saturated rings. The maximum Gasteiger partial charge on any atom is 0.312 e. The first-order valence-corrected chi connectivity index (χ1v) is 11.8. The lowest BCUT2D eigenvalue weighted by atomic mass is 9.62. The fraction of sp³-hybridized carbons (Fsp3) is 0.625. The SMILES string of the molecule is CCOC(=O)[C@H]1[C@H]2C(=O)N(CCCO)C(C(=O)Nc3c(C)cccc3Cl)C23CC(C)[C@]1(C)O3. The lowest BCUT2D eigenvalue weighted by molar-refractivity contribution is -0.160. The lowest BCUT2D eigenvalue weighted by Gasteiger charge is -2.35. The second-order valence-electron chi connectivity index (χ2n) is 9.49. The molecule has 33 heavy (non-hydrogen) atoms. The molecule has 6 atom stereocenters. The number of ether oxygens (including phenoxy) is 2. The van der Waals surface area contributed by atoms with Gasteiger partial charge in [-0.05, 0) is 51.2 Å². The van der Waals surface area contributed by atoms with Gasteiger partial charge in [0.2, 0.25) is 11.8 Å². The third-order valence-electron chi connectivity index (χ3n) is 7.63. The van der Waals surface area contributed by atoms with E-state index in [2.05, 4.69) is 5.32 Å². The van der Waals surface area contributed by atoms with Gasteiger partial charge in [-0.15, -0.1) is 0 Å². The fourth-order valence-corrected chi connectivity index (χ4v) is 6.36. The molecule has 1 aromatic carbocycles. The smallest absolute Gasteiger partial charge is 0.312 e. The first-order valence-electron chi connectivity index (χ1n) is 11.5. The van der Waals surface area contributed by atoms with E-state index in [1.54, 1.807) is 19.1 Å². The molecule has 0 aliphatic carbocycles. The molecule has 0 aromatic heterocycles. The Morgan fingerprint density at radius 1 is 1.39 bits per heavy atom. The highest BCUT2D eigenvalue weighted by Crippen LogP contribution is 2.65. The number of fused-ring (bicyclic) bond motifs is 1. The Kier molecular flexibility index (Phi) is 6.22. The molecule has 3 saturated heterocycles. The summed E-state index contributed by atoms with van der Waals surface area (Å²) in [5.74, 6) is -2.89. The van der Waals surface area contributed by atoms with E-state index in [0.717, 1.165) is 5.56 Å². The normalized spacial score (nSPS) is 34.5. The van der Waals surface area contributed by atoms with Gasteiger partial charge in [0.25, 0.3) is 0 Å². The number of nitrogens with one attached hydrogen (secondary N) is 1. The van der Waals surface area contributed by atoms with Crippen molar-refractivity contribution in [2.45, 2.75) is 57.8 Å². The molecule has 3 aliphatic rings. The largest absolute Gasteiger partial charge is 0.466 e. The monoisotopic (exact) mass is 478 g/mol. The van der Waals surface area contributed by atoms with Gasteiger partial charge in [-0.2, -0.15) is 0 Å². The van der Waals surface area contributed by atoms with E-state index >= 15 is 0 Å². The van der Waals surface area contributed by atoms with Gasteiger partial charge in [-0.25, -0.2) is 0 Å². The minimum Gasteiger partial charge on any atom is -0.466 e.